The topological polar surface area (TPSA) is 128 Å². The number of carbonyl (C=O) groups excluding carboxylic acids is 2. The maximum atomic E-state index is 13.3. The van der Waals surface area contributed by atoms with Crippen LogP contribution >= 0.6 is 0 Å². The number of aliphatic hydroxyl groups is 1. The fraction of sp³-hybridized carbons (Fsp3) is 0.400. The average Bonchev–Trinajstić information content (AvgIpc) is 3.04. The number of hydrogen-bond acceptors (Lipinski definition) is 9. The van der Waals surface area contributed by atoms with Crippen molar-refractivity contribution in [2.24, 2.45) is 5.41 Å². The summed E-state index contributed by atoms with van der Waals surface area (Å²) in [7, 11) is 0. The van der Waals surface area contributed by atoms with E-state index in [1.807, 2.05) is 97.1 Å². The summed E-state index contributed by atoms with van der Waals surface area (Å²) in [4.78, 5) is 27.8. The highest BCUT2D eigenvalue weighted by molar-refractivity contribution is 5.76. The number of carbonyl (C=O) groups is 2. The zero-order valence-corrected chi connectivity index (χ0v) is 25.8. The van der Waals surface area contributed by atoms with Crippen LogP contribution in [-0.4, -0.2) is 59.5 Å². The summed E-state index contributed by atoms with van der Waals surface area (Å²) >= 11 is 0. The molecule has 10 nitrogen and oxygen atoms in total. The third-order valence-corrected chi connectivity index (χ3v) is 7.43. The average molecular weight is 617 g/mol. The molecule has 1 fully saturated rings. The van der Waals surface area contributed by atoms with E-state index in [0.29, 0.717) is 0 Å². The van der Waals surface area contributed by atoms with Gasteiger partial charge in [0.2, 0.25) is 0 Å². The van der Waals surface area contributed by atoms with Crippen LogP contribution in [0, 0.1) is 16.7 Å². The molecule has 0 aliphatic carbocycles. The smallest absolute Gasteiger partial charge is 0.412 e. The van der Waals surface area contributed by atoms with Crippen LogP contribution < -0.4 is 0 Å². The SMILES string of the molecule is C[C@@H]1O[C@@H](OCN(Cc2ccccc2)C(=O)OCc2ccccc2)[C@H](OC(=O)C(C)(C)CC#N)[C@H](O)[C@H]1OCc1ccccc1. The van der Waals surface area contributed by atoms with E-state index < -0.39 is 48.2 Å². The van der Waals surface area contributed by atoms with Crippen LogP contribution in [0.3, 0.4) is 0 Å². The molecule has 0 bridgehead atoms. The van der Waals surface area contributed by atoms with Gasteiger partial charge in [0, 0.05) is 0 Å². The van der Waals surface area contributed by atoms with Crippen molar-refractivity contribution in [3.05, 3.63) is 108 Å². The van der Waals surface area contributed by atoms with E-state index in [1.165, 1.54) is 4.90 Å². The lowest BCUT2D eigenvalue weighted by Gasteiger charge is -2.43. The van der Waals surface area contributed by atoms with Crippen molar-refractivity contribution in [3.63, 3.8) is 0 Å². The van der Waals surface area contributed by atoms with Gasteiger partial charge in [0.1, 0.15) is 25.5 Å². The summed E-state index contributed by atoms with van der Waals surface area (Å²) in [6.45, 7) is 5.03. The van der Waals surface area contributed by atoms with Gasteiger partial charge in [0.15, 0.2) is 12.4 Å². The monoisotopic (exact) mass is 616 g/mol. The summed E-state index contributed by atoms with van der Waals surface area (Å²) in [6, 6.07) is 30.1. The molecular weight excluding hydrogens is 576 g/mol. The molecule has 10 heteroatoms. The van der Waals surface area contributed by atoms with Gasteiger partial charge in [-0.1, -0.05) is 91.0 Å². The predicted molar refractivity (Wildman–Crippen MR) is 164 cm³/mol. The second-order valence-electron chi connectivity index (χ2n) is 11.6. The van der Waals surface area contributed by atoms with Crippen LogP contribution in [0.1, 0.15) is 43.9 Å². The highest BCUT2D eigenvalue weighted by Crippen LogP contribution is 2.31. The summed E-state index contributed by atoms with van der Waals surface area (Å²) in [5, 5.41) is 20.7. The van der Waals surface area contributed by atoms with Crippen molar-refractivity contribution in [3.8, 4) is 6.07 Å². The van der Waals surface area contributed by atoms with Crippen molar-refractivity contribution in [2.45, 2.75) is 77.7 Å². The van der Waals surface area contributed by atoms with Crippen molar-refractivity contribution in [2.75, 3.05) is 6.73 Å². The molecule has 5 atom stereocenters. The maximum Gasteiger partial charge on any atom is 0.412 e. The molecule has 1 heterocycles. The first-order chi connectivity index (χ1) is 21.7. The predicted octanol–water partition coefficient (Wildman–Crippen LogP) is 5.34. The van der Waals surface area contributed by atoms with Gasteiger partial charge < -0.3 is 28.8 Å². The summed E-state index contributed by atoms with van der Waals surface area (Å²) < 4.78 is 29.6. The first-order valence-corrected chi connectivity index (χ1v) is 14.9. The van der Waals surface area contributed by atoms with E-state index in [-0.39, 0.29) is 32.9 Å². The second-order valence-corrected chi connectivity index (χ2v) is 11.6. The first kappa shape index (κ1) is 33.6. The lowest BCUT2D eigenvalue weighted by molar-refractivity contribution is -0.311. The molecule has 1 amide bonds. The zero-order valence-electron chi connectivity index (χ0n) is 25.8. The minimum absolute atomic E-state index is 0.0648. The Labute approximate surface area is 264 Å². The van der Waals surface area contributed by atoms with Gasteiger partial charge >= 0.3 is 12.1 Å². The van der Waals surface area contributed by atoms with Crippen LogP contribution in [0.2, 0.25) is 0 Å². The van der Waals surface area contributed by atoms with Gasteiger partial charge in [0.05, 0.1) is 37.2 Å². The Balaban J connectivity index is 1.51. The van der Waals surface area contributed by atoms with Gasteiger partial charge in [-0.05, 0) is 37.5 Å². The molecule has 0 saturated carbocycles. The van der Waals surface area contributed by atoms with Gasteiger partial charge in [-0.25, -0.2) is 4.79 Å². The van der Waals surface area contributed by atoms with E-state index >= 15 is 0 Å². The number of hydrogen-bond donors (Lipinski definition) is 1. The quantitative estimate of drug-likeness (QED) is 0.200. The minimum Gasteiger partial charge on any atom is -0.454 e. The molecule has 0 spiro atoms. The number of rotatable bonds is 13. The third kappa shape index (κ3) is 9.61. The molecule has 1 aliphatic rings. The number of nitriles is 1. The molecule has 1 N–H and O–H groups in total. The van der Waals surface area contributed by atoms with E-state index in [9.17, 15) is 20.0 Å². The Kier molecular flexibility index (Phi) is 12.1. The highest BCUT2D eigenvalue weighted by Gasteiger charge is 2.48. The first-order valence-electron chi connectivity index (χ1n) is 14.9. The van der Waals surface area contributed by atoms with Crippen molar-refractivity contribution in [1.82, 2.24) is 4.90 Å². The fourth-order valence-corrected chi connectivity index (χ4v) is 4.75. The molecule has 238 valence electrons. The van der Waals surface area contributed by atoms with Crippen LogP contribution in [0.5, 0.6) is 0 Å². The molecule has 0 aromatic heterocycles. The van der Waals surface area contributed by atoms with Crippen LogP contribution in [0.15, 0.2) is 91.0 Å². The van der Waals surface area contributed by atoms with Crippen molar-refractivity contribution >= 4 is 12.1 Å². The summed E-state index contributed by atoms with van der Waals surface area (Å²) in [5.74, 6) is -0.704. The number of ether oxygens (including phenoxy) is 5. The molecule has 1 aliphatic heterocycles. The Morgan fingerprint density at radius 1 is 0.867 bits per heavy atom. The summed E-state index contributed by atoms with van der Waals surface area (Å²) in [6.07, 6.45) is -6.15. The standard InChI is InChI=1S/C35H40N2O8/c1-25-30(41-22-27-15-9-5-10-16-27)29(38)31(45-33(39)35(2,3)19-20-36)32(44-25)43-24-37(21-26-13-7-4-8-14-26)34(40)42-23-28-17-11-6-12-18-28/h4-18,25,29-32,38H,19,21-24H2,1-3H3/t25-,29+,30-,31+,32+/m0/s1. The number of aliphatic hydroxyl groups excluding tert-OH is 1. The van der Waals surface area contributed by atoms with Gasteiger partial charge in [-0.15, -0.1) is 0 Å². The fourth-order valence-electron chi connectivity index (χ4n) is 4.75. The highest BCUT2D eigenvalue weighted by atomic mass is 16.7. The largest absolute Gasteiger partial charge is 0.454 e. The lowest BCUT2D eigenvalue weighted by atomic mass is 9.90. The van der Waals surface area contributed by atoms with Gasteiger partial charge in [-0.2, -0.15) is 5.26 Å². The molecule has 0 radical (unpaired) electrons. The maximum absolute atomic E-state index is 13.3. The van der Waals surface area contributed by atoms with E-state index in [4.69, 9.17) is 23.7 Å². The van der Waals surface area contributed by atoms with Crippen LogP contribution in [0.4, 0.5) is 4.79 Å². The number of nitrogens with zero attached hydrogens (tertiary/aromatic N) is 2. The van der Waals surface area contributed by atoms with Crippen LogP contribution in [-0.2, 0) is 48.2 Å². The van der Waals surface area contributed by atoms with E-state index in [0.717, 1.165) is 16.7 Å². The lowest BCUT2D eigenvalue weighted by Crippen LogP contribution is -2.60. The normalized spacial score (nSPS) is 21.4. The number of amides is 1. The second kappa shape index (κ2) is 16.2. The minimum atomic E-state index is -1.34. The van der Waals surface area contributed by atoms with Gasteiger partial charge in [0.25, 0.3) is 0 Å². The Hall–Kier alpha value is -4.27. The zero-order chi connectivity index (χ0) is 32.2. The molecule has 0 unspecified atom stereocenters. The molecule has 3 aromatic carbocycles. The Morgan fingerprint density at radius 3 is 2.00 bits per heavy atom. The Bertz CT molecular complexity index is 1400. The number of benzene rings is 3. The van der Waals surface area contributed by atoms with Crippen LogP contribution in [0.25, 0.3) is 0 Å². The molecular formula is C35H40N2O8. The van der Waals surface area contributed by atoms with Crippen molar-refractivity contribution < 1.29 is 38.4 Å². The Morgan fingerprint density at radius 2 is 1.42 bits per heavy atom. The summed E-state index contributed by atoms with van der Waals surface area (Å²) in [5.41, 5.74) is 1.41. The van der Waals surface area contributed by atoms with Crippen molar-refractivity contribution in [1.29, 1.82) is 5.26 Å². The molecule has 4 rings (SSSR count). The third-order valence-electron chi connectivity index (χ3n) is 7.43. The van der Waals surface area contributed by atoms with Gasteiger partial charge in [-0.3, -0.25) is 9.69 Å². The van der Waals surface area contributed by atoms with E-state index in [1.54, 1.807) is 20.8 Å². The van der Waals surface area contributed by atoms with E-state index in [2.05, 4.69) is 0 Å². The molecule has 1 saturated heterocycles. The molecule has 3 aromatic rings. The number of esters is 1. The molecule has 45 heavy (non-hydrogen) atoms.